The number of benzene rings is 1. The Morgan fingerprint density at radius 3 is 2.18 bits per heavy atom. The molecule has 0 saturated carbocycles. The van der Waals surface area contributed by atoms with Crippen molar-refractivity contribution in [3.8, 4) is 0 Å². The maximum Gasteiger partial charge on any atom is 0.316 e. The summed E-state index contributed by atoms with van der Waals surface area (Å²) in [7, 11) is 3.37. The highest BCUT2D eigenvalue weighted by atomic mass is 16.4. The molecular weight excluding hydrogens is 286 g/mol. The van der Waals surface area contributed by atoms with Gasteiger partial charge in [0.15, 0.2) is 0 Å². The summed E-state index contributed by atoms with van der Waals surface area (Å²) in [4.78, 5) is 33.6. The number of nitrogens with zero attached hydrogens (tertiary/aromatic N) is 1. The molecule has 1 aromatic carbocycles. The van der Waals surface area contributed by atoms with E-state index in [1.807, 2.05) is 13.0 Å². The quantitative estimate of drug-likeness (QED) is 0.760. The van der Waals surface area contributed by atoms with Crippen LogP contribution in [-0.4, -0.2) is 55.1 Å². The van der Waals surface area contributed by atoms with Gasteiger partial charge in [-0.3, -0.25) is 9.59 Å². The third-order valence-electron chi connectivity index (χ3n) is 2.70. The number of rotatable bonds is 5. The number of hydrogen-bond donors (Lipinski definition) is 3. The zero-order valence-corrected chi connectivity index (χ0v) is 13.1. The van der Waals surface area contributed by atoms with Crippen LogP contribution in [0.25, 0.3) is 0 Å². The van der Waals surface area contributed by atoms with E-state index in [-0.39, 0.29) is 24.9 Å². The number of carboxylic acid groups (broad SMARTS) is 1. The third-order valence-corrected chi connectivity index (χ3v) is 2.70. The molecule has 7 nitrogen and oxygen atoms in total. The van der Waals surface area contributed by atoms with E-state index < -0.39 is 5.97 Å². The molecule has 0 bridgehead atoms. The van der Waals surface area contributed by atoms with E-state index in [1.165, 1.54) is 0 Å². The first-order valence-electron chi connectivity index (χ1n) is 6.90. The van der Waals surface area contributed by atoms with Crippen molar-refractivity contribution in [2.75, 3.05) is 27.2 Å². The van der Waals surface area contributed by atoms with Crippen LogP contribution in [0, 0.1) is 0 Å². The normalized spacial score (nSPS) is 9.05. The Bertz CT molecular complexity index is 477. The van der Waals surface area contributed by atoms with Gasteiger partial charge < -0.3 is 20.6 Å². The summed E-state index contributed by atoms with van der Waals surface area (Å²) in [6, 6.07) is 8.64. The van der Waals surface area contributed by atoms with Crippen molar-refractivity contribution in [3.05, 3.63) is 35.9 Å². The van der Waals surface area contributed by atoms with E-state index in [0.717, 1.165) is 6.54 Å². The minimum absolute atomic E-state index is 0.0347. The lowest BCUT2D eigenvalue weighted by atomic mass is 10.2. The van der Waals surface area contributed by atoms with Crippen molar-refractivity contribution in [1.82, 2.24) is 15.5 Å². The van der Waals surface area contributed by atoms with E-state index in [4.69, 9.17) is 5.11 Å². The maximum atomic E-state index is 11.3. The molecule has 0 spiro atoms. The van der Waals surface area contributed by atoms with Crippen LogP contribution in [0.4, 0.5) is 4.79 Å². The second-order valence-electron chi connectivity index (χ2n) is 4.33. The summed E-state index contributed by atoms with van der Waals surface area (Å²) < 4.78 is 0. The third kappa shape index (κ3) is 8.57. The fourth-order valence-corrected chi connectivity index (χ4v) is 1.31. The number of nitrogens with one attached hydrogen (secondary N) is 2. The molecule has 0 aliphatic heterocycles. The van der Waals surface area contributed by atoms with Crippen LogP contribution in [0.2, 0.25) is 0 Å². The Balaban J connectivity index is 0.000000472. The van der Waals surface area contributed by atoms with Crippen LogP contribution in [-0.2, 0) is 4.79 Å². The Labute approximate surface area is 130 Å². The topological polar surface area (TPSA) is 98.7 Å². The summed E-state index contributed by atoms with van der Waals surface area (Å²) in [6.45, 7) is 2.83. The van der Waals surface area contributed by atoms with Crippen LogP contribution < -0.4 is 10.6 Å². The predicted molar refractivity (Wildman–Crippen MR) is 83.8 cm³/mol. The summed E-state index contributed by atoms with van der Waals surface area (Å²) in [5.41, 5.74) is 0.540. The van der Waals surface area contributed by atoms with Crippen molar-refractivity contribution in [2.24, 2.45) is 0 Å². The lowest BCUT2D eigenvalue weighted by Gasteiger charge is -2.12. The highest BCUT2D eigenvalue weighted by Crippen LogP contribution is 1.97. The first kappa shape index (κ1) is 19.4. The van der Waals surface area contributed by atoms with Gasteiger partial charge in [0.2, 0.25) is 0 Å². The largest absolute Gasteiger partial charge is 0.481 e. The first-order valence-corrected chi connectivity index (χ1v) is 6.90. The average molecular weight is 309 g/mol. The molecule has 0 saturated heterocycles. The van der Waals surface area contributed by atoms with Crippen molar-refractivity contribution in [3.63, 3.8) is 0 Å². The van der Waals surface area contributed by atoms with Gasteiger partial charge >= 0.3 is 12.0 Å². The van der Waals surface area contributed by atoms with Gasteiger partial charge in [0.1, 0.15) is 0 Å². The van der Waals surface area contributed by atoms with Gasteiger partial charge in [0.25, 0.3) is 5.91 Å². The molecule has 22 heavy (non-hydrogen) atoms. The lowest BCUT2D eigenvalue weighted by Crippen LogP contribution is -2.34. The number of amides is 3. The Morgan fingerprint density at radius 1 is 1.18 bits per heavy atom. The van der Waals surface area contributed by atoms with Gasteiger partial charge in [-0.05, 0) is 19.1 Å². The zero-order valence-electron chi connectivity index (χ0n) is 13.1. The highest BCUT2D eigenvalue weighted by molar-refractivity contribution is 5.94. The van der Waals surface area contributed by atoms with Crippen LogP contribution in [0.3, 0.4) is 0 Å². The standard InChI is InChI=1S/C10H11NO3.C5H12N2O/c12-9(13)6-7-11-10(14)8-4-2-1-3-5-8;1-4-7(3)5(8)6-2/h1-5H,6-7H2,(H,11,14)(H,12,13);4H2,1-3H3,(H,6,8). The van der Waals surface area contributed by atoms with Gasteiger partial charge in [-0.1, -0.05) is 18.2 Å². The van der Waals surface area contributed by atoms with Gasteiger partial charge in [-0.25, -0.2) is 4.79 Å². The van der Waals surface area contributed by atoms with Crippen LogP contribution in [0.5, 0.6) is 0 Å². The summed E-state index contributed by atoms with van der Waals surface area (Å²) in [5, 5.41) is 13.4. The number of carbonyl (C=O) groups is 3. The number of carboxylic acids is 1. The monoisotopic (exact) mass is 309 g/mol. The molecule has 0 aromatic heterocycles. The van der Waals surface area contributed by atoms with Gasteiger partial charge in [-0.2, -0.15) is 0 Å². The maximum absolute atomic E-state index is 11.3. The van der Waals surface area contributed by atoms with E-state index in [1.54, 1.807) is 43.3 Å². The summed E-state index contributed by atoms with van der Waals surface area (Å²) in [6.07, 6.45) is -0.0570. The molecule has 0 atom stereocenters. The van der Waals surface area contributed by atoms with E-state index in [0.29, 0.717) is 5.56 Å². The second-order valence-corrected chi connectivity index (χ2v) is 4.33. The molecule has 122 valence electrons. The van der Waals surface area contributed by atoms with Crippen molar-refractivity contribution in [1.29, 1.82) is 0 Å². The Morgan fingerprint density at radius 2 is 1.77 bits per heavy atom. The second kappa shape index (κ2) is 11.1. The molecule has 0 aliphatic carbocycles. The number of hydrogen-bond acceptors (Lipinski definition) is 3. The smallest absolute Gasteiger partial charge is 0.316 e. The molecule has 0 aliphatic rings. The van der Waals surface area contributed by atoms with Crippen LogP contribution in [0.15, 0.2) is 30.3 Å². The molecule has 0 heterocycles. The molecule has 3 N–H and O–H groups in total. The lowest BCUT2D eigenvalue weighted by molar-refractivity contribution is -0.136. The van der Waals surface area contributed by atoms with E-state index >= 15 is 0 Å². The first-order chi connectivity index (χ1) is 10.4. The minimum Gasteiger partial charge on any atom is -0.481 e. The van der Waals surface area contributed by atoms with Crippen molar-refractivity contribution in [2.45, 2.75) is 13.3 Å². The van der Waals surface area contributed by atoms with Crippen LogP contribution in [0.1, 0.15) is 23.7 Å². The molecule has 0 unspecified atom stereocenters. The average Bonchev–Trinajstić information content (AvgIpc) is 2.54. The Hall–Kier alpha value is -2.57. The van der Waals surface area contributed by atoms with Gasteiger partial charge in [0.05, 0.1) is 6.42 Å². The number of aliphatic carboxylic acids is 1. The summed E-state index contributed by atoms with van der Waals surface area (Å²) >= 11 is 0. The zero-order chi connectivity index (χ0) is 17.0. The van der Waals surface area contributed by atoms with Crippen molar-refractivity contribution >= 4 is 17.9 Å². The van der Waals surface area contributed by atoms with Gasteiger partial charge in [0, 0.05) is 32.7 Å². The molecule has 1 aromatic rings. The molecule has 3 amide bonds. The molecule has 0 fully saturated rings. The molecule has 1 rings (SSSR count). The molecule has 7 heteroatoms. The molecule has 0 radical (unpaired) electrons. The number of urea groups is 1. The fraction of sp³-hybridized carbons (Fsp3) is 0.400. The van der Waals surface area contributed by atoms with E-state index in [2.05, 4.69) is 10.6 Å². The minimum atomic E-state index is -0.918. The number of carbonyl (C=O) groups excluding carboxylic acids is 2. The van der Waals surface area contributed by atoms with Crippen LogP contribution >= 0.6 is 0 Å². The SMILES string of the molecule is CCN(C)C(=O)NC.O=C(O)CCNC(=O)c1ccccc1. The summed E-state index contributed by atoms with van der Waals surface area (Å²) in [5.74, 6) is -1.16. The molecular formula is C15H23N3O4. The predicted octanol–water partition coefficient (Wildman–Crippen LogP) is 1.17. The van der Waals surface area contributed by atoms with Gasteiger partial charge in [-0.15, -0.1) is 0 Å². The Kier molecular flexibility index (Phi) is 9.83. The van der Waals surface area contributed by atoms with E-state index in [9.17, 15) is 14.4 Å². The fourth-order valence-electron chi connectivity index (χ4n) is 1.31. The highest BCUT2D eigenvalue weighted by Gasteiger charge is 2.04. The van der Waals surface area contributed by atoms with Crippen molar-refractivity contribution < 1.29 is 19.5 Å².